The molecule has 1 aromatic carbocycles. The summed E-state index contributed by atoms with van der Waals surface area (Å²) < 4.78 is 0. The monoisotopic (exact) mass is 299 g/mol. The van der Waals surface area contributed by atoms with E-state index >= 15 is 0 Å². The Hall–Kier alpha value is -2.50. The fraction of sp³-hybridized carbons (Fsp3) is 0.375. The number of benzene rings is 1. The highest BCUT2D eigenvalue weighted by Gasteiger charge is 2.21. The number of hydrogen-bond acceptors (Lipinski definition) is 4. The van der Waals surface area contributed by atoms with E-state index in [4.69, 9.17) is 5.73 Å². The van der Waals surface area contributed by atoms with Crippen molar-refractivity contribution in [3.8, 4) is 0 Å². The number of fused-ring (bicyclic) bond motifs is 1. The van der Waals surface area contributed by atoms with Crippen LogP contribution in [0.4, 0.5) is 5.95 Å². The van der Waals surface area contributed by atoms with Crippen molar-refractivity contribution in [3.05, 3.63) is 29.5 Å². The molecule has 0 bridgehead atoms. The molecule has 2 aromatic rings. The van der Waals surface area contributed by atoms with Gasteiger partial charge in [-0.3, -0.25) is 10.1 Å². The maximum Gasteiger partial charge on any atom is 0.253 e. The second-order valence-electron chi connectivity index (χ2n) is 6.33. The first-order chi connectivity index (χ1) is 10.2. The van der Waals surface area contributed by atoms with Gasteiger partial charge in [0.1, 0.15) is 0 Å². The second kappa shape index (κ2) is 5.71. The minimum absolute atomic E-state index is 0.00803. The van der Waals surface area contributed by atoms with Crippen molar-refractivity contribution >= 4 is 28.7 Å². The summed E-state index contributed by atoms with van der Waals surface area (Å²) in [7, 11) is 0. The molecule has 1 aromatic heterocycles. The summed E-state index contributed by atoms with van der Waals surface area (Å²) >= 11 is 0. The summed E-state index contributed by atoms with van der Waals surface area (Å²) in [6.07, 6.45) is 0. The van der Waals surface area contributed by atoms with Crippen LogP contribution in [0.1, 0.15) is 32.0 Å². The van der Waals surface area contributed by atoms with Crippen LogP contribution in [0.5, 0.6) is 0 Å². The third-order valence-corrected chi connectivity index (χ3v) is 3.17. The number of guanidine groups is 1. The number of hydrogen-bond donors (Lipinski definition) is 2. The number of carbonyl (C=O) groups is 1. The highest BCUT2D eigenvalue weighted by Crippen LogP contribution is 2.19. The van der Waals surface area contributed by atoms with Crippen molar-refractivity contribution in [2.75, 3.05) is 0 Å². The number of aryl methyl sites for hydroxylation is 2. The van der Waals surface area contributed by atoms with Crippen LogP contribution in [0.2, 0.25) is 0 Å². The molecule has 1 heterocycles. The SMILES string of the molecule is Cc1ccc2c(C)nc(/N=C(\N)NC(=O)C(C)(C)C)nc2c1. The summed E-state index contributed by atoms with van der Waals surface area (Å²) in [5.74, 6) is 0.0238. The Bertz CT molecular complexity index is 759. The Morgan fingerprint density at radius 1 is 1.23 bits per heavy atom. The molecule has 0 aliphatic carbocycles. The maximum atomic E-state index is 11.9. The van der Waals surface area contributed by atoms with E-state index in [0.29, 0.717) is 0 Å². The van der Waals surface area contributed by atoms with E-state index in [1.807, 2.05) is 32.0 Å². The molecule has 0 aliphatic rings. The molecule has 0 saturated carbocycles. The van der Waals surface area contributed by atoms with Gasteiger partial charge in [-0.1, -0.05) is 32.9 Å². The van der Waals surface area contributed by atoms with Crippen molar-refractivity contribution < 1.29 is 4.79 Å². The standard InChI is InChI=1S/C16H21N5O/c1-9-6-7-11-10(2)18-15(19-12(11)8-9)21-14(17)20-13(22)16(3,4)5/h6-8H,1-5H3,(H3,17,18,19,20,21,22). The third-order valence-electron chi connectivity index (χ3n) is 3.17. The van der Waals surface area contributed by atoms with Gasteiger partial charge in [0, 0.05) is 10.8 Å². The predicted octanol–water partition coefficient (Wildman–Crippen LogP) is 2.36. The molecule has 0 radical (unpaired) electrons. The molecule has 6 heteroatoms. The van der Waals surface area contributed by atoms with E-state index in [-0.39, 0.29) is 17.8 Å². The van der Waals surface area contributed by atoms with E-state index in [1.54, 1.807) is 20.8 Å². The zero-order valence-corrected chi connectivity index (χ0v) is 13.6. The average molecular weight is 299 g/mol. The number of rotatable bonds is 1. The molecule has 1 amide bonds. The van der Waals surface area contributed by atoms with Crippen molar-refractivity contribution in [2.24, 2.45) is 16.1 Å². The summed E-state index contributed by atoms with van der Waals surface area (Å²) in [5, 5.41) is 3.53. The van der Waals surface area contributed by atoms with Gasteiger partial charge >= 0.3 is 0 Å². The van der Waals surface area contributed by atoms with Crippen molar-refractivity contribution in [3.63, 3.8) is 0 Å². The van der Waals surface area contributed by atoms with Crippen LogP contribution >= 0.6 is 0 Å². The first-order valence-electron chi connectivity index (χ1n) is 7.07. The van der Waals surface area contributed by atoms with Crippen LogP contribution in [0, 0.1) is 19.3 Å². The lowest BCUT2D eigenvalue weighted by atomic mass is 9.96. The molecule has 116 valence electrons. The fourth-order valence-corrected chi connectivity index (χ4v) is 1.87. The number of amides is 1. The molecule has 0 spiro atoms. The molecule has 6 nitrogen and oxygen atoms in total. The number of aromatic nitrogens is 2. The van der Waals surface area contributed by atoms with Gasteiger partial charge in [-0.25, -0.2) is 9.97 Å². The van der Waals surface area contributed by atoms with Crippen molar-refractivity contribution in [2.45, 2.75) is 34.6 Å². The summed E-state index contributed by atoms with van der Waals surface area (Å²) in [4.78, 5) is 24.7. The minimum Gasteiger partial charge on any atom is -0.369 e. The van der Waals surface area contributed by atoms with Crippen molar-refractivity contribution in [1.29, 1.82) is 0 Å². The Morgan fingerprint density at radius 3 is 2.55 bits per heavy atom. The van der Waals surface area contributed by atoms with Crippen LogP contribution in [0.15, 0.2) is 23.2 Å². The van der Waals surface area contributed by atoms with E-state index in [2.05, 4.69) is 20.3 Å². The molecule has 0 saturated heterocycles. The molecule has 0 aliphatic heterocycles. The number of nitrogens with one attached hydrogen (secondary N) is 1. The Labute approximate surface area is 129 Å². The number of aliphatic imine (C=N–C) groups is 1. The van der Waals surface area contributed by atoms with Gasteiger partial charge in [-0.05, 0) is 25.5 Å². The van der Waals surface area contributed by atoms with Gasteiger partial charge in [0.05, 0.1) is 11.2 Å². The maximum absolute atomic E-state index is 11.9. The number of nitrogens with two attached hydrogens (primary N) is 1. The van der Waals surface area contributed by atoms with Crippen LogP contribution < -0.4 is 11.1 Å². The van der Waals surface area contributed by atoms with Gasteiger partial charge in [0.15, 0.2) is 0 Å². The molecular weight excluding hydrogens is 278 g/mol. The van der Waals surface area contributed by atoms with Gasteiger partial charge in [-0.2, -0.15) is 4.99 Å². The lowest BCUT2D eigenvalue weighted by molar-refractivity contribution is -0.126. The second-order valence-corrected chi connectivity index (χ2v) is 6.33. The van der Waals surface area contributed by atoms with Crippen LogP contribution in [-0.4, -0.2) is 21.8 Å². The largest absolute Gasteiger partial charge is 0.369 e. The zero-order chi connectivity index (χ0) is 16.5. The molecule has 22 heavy (non-hydrogen) atoms. The number of nitrogens with zero attached hydrogens (tertiary/aromatic N) is 3. The molecule has 0 atom stereocenters. The van der Waals surface area contributed by atoms with E-state index in [0.717, 1.165) is 22.2 Å². The Kier molecular flexibility index (Phi) is 4.12. The first kappa shape index (κ1) is 15.9. The molecule has 3 N–H and O–H groups in total. The zero-order valence-electron chi connectivity index (χ0n) is 13.6. The Morgan fingerprint density at radius 2 is 1.91 bits per heavy atom. The first-order valence-corrected chi connectivity index (χ1v) is 7.07. The fourth-order valence-electron chi connectivity index (χ4n) is 1.87. The highest BCUT2D eigenvalue weighted by molar-refractivity contribution is 5.99. The Balaban J connectivity index is 2.35. The lowest BCUT2D eigenvalue weighted by Gasteiger charge is -2.16. The molecule has 0 unspecified atom stereocenters. The summed E-state index contributed by atoms with van der Waals surface area (Å²) in [5.41, 5.74) is 7.95. The van der Waals surface area contributed by atoms with Gasteiger partial charge in [0.25, 0.3) is 5.95 Å². The van der Waals surface area contributed by atoms with E-state index < -0.39 is 5.41 Å². The van der Waals surface area contributed by atoms with Gasteiger partial charge < -0.3 is 5.73 Å². The lowest BCUT2D eigenvalue weighted by Crippen LogP contribution is -2.42. The van der Waals surface area contributed by atoms with Gasteiger partial charge in [-0.15, -0.1) is 0 Å². The smallest absolute Gasteiger partial charge is 0.253 e. The molecular formula is C16H21N5O. The van der Waals surface area contributed by atoms with Crippen LogP contribution in [0.3, 0.4) is 0 Å². The quantitative estimate of drug-likeness (QED) is 0.624. The third kappa shape index (κ3) is 3.58. The summed E-state index contributed by atoms with van der Waals surface area (Å²) in [6, 6.07) is 5.96. The highest BCUT2D eigenvalue weighted by atomic mass is 16.2. The van der Waals surface area contributed by atoms with Crippen LogP contribution in [0.25, 0.3) is 10.9 Å². The minimum atomic E-state index is -0.544. The van der Waals surface area contributed by atoms with Crippen molar-refractivity contribution in [1.82, 2.24) is 15.3 Å². The van der Waals surface area contributed by atoms with Gasteiger partial charge in [0.2, 0.25) is 11.9 Å². The van der Waals surface area contributed by atoms with E-state index in [1.165, 1.54) is 0 Å². The topological polar surface area (TPSA) is 93.3 Å². The molecule has 2 rings (SSSR count). The van der Waals surface area contributed by atoms with E-state index in [9.17, 15) is 4.79 Å². The number of carbonyl (C=O) groups excluding carboxylic acids is 1. The summed E-state index contributed by atoms with van der Waals surface area (Å²) in [6.45, 7) is 9.29. The van der Waals surface area contributed by atoms with Crippen LogP contribution in [-0.2, 0) is 4.79 Å². The average Bonchev–Trinajstić information content (AvgIpc) is 2.36. The normalized spacial score (nSPS) is 12.5. The predicted molar refractivity (Wildman–Crippen MR) is 87.9 cm³/mol. The molecule has 0 fully saturated rings.